The Balaban J connectivity index is 2.39. The Morgan fingerprint density at radius 2 is 2.06 bits per heavy atom. The molecule has 4 heteroatoms. The van der Waals surface area contributed by atoms with Gasteiger partial charge in [-0.25, -0.2) is 8.42 Å². The lowest BCUT2D eigenvalue weighted by Crippen LogP contribution is -2.50. The van der Waals surface area contributed by atoms with E-state index in [1.54, 1.807) is 13.1 Å². The Morgan fingerprint density at radius 3 is 2.62 bits per heavy atom. The molecule has 1 aliphatic heterocycles. The topological polar surface area (TPSA) is 46.2 Å². The van der Waals surface area contributed by atoms with Gasteiger partial charge in [0.2, 0.25) is 0 Å². The molecule has 16 heavy (non-hydrogen) atoms. The minimum Gasteiger partial charge on any atom is -0.364 e. The van der Waals surface area contributed by atoms with Gasteiger partial charge >= 0.3 is 0 Å². The molecule has 0 atom stereocenters. The second-order valence-electron chi connectivity index (χ2n) is 4.22. The SMILES string of the molecule is CCS(=O)(=O)C1(C2=CC=CC=CN2)CCC1. The zero-order chi connectivity index (χ0) is 11.6. The van der Waals surface area contributed by atoms with Crippen LogP contribution in [0.3, 0.4) is 0 Å². The van der Waals surface area contributed by atoms with Gasteiger partial charge in [0, 0.05) is 17.6 Å². The molecule has 0 unspecified atom stereocenters. The predicted octanol–water partition coefficient (Wildman–Crippen LogP) is 1.90. The Bertz CT molecular complexity index is 453. The fourth-order valence-electron chi connectivity index (χ4n) is 2.26. The lowest BCUT2D eigenvalue weighted by atomic mass is 9.81. The van der Waals surface area contributed by atoms with Gasteiger partial charge in [0.25, 0.3) is 0 Å². The molecule has 1 fully saturated rings. The summed E-state index contributed by atoms with van der Waals surface area (Å²) in [6.07, 6.45) is 11.8. The lowest BCUT2D eigenvalue weighted by Gasteiger charge is -2.42. The fraction of sp³-hybridized carbons (Fsp3) is 0.500. The van der Waals surface area contributed by atoms with E-state index in [-0.39, 0.29) is 5.75 Å². The molecule has 2 aliphatic rings. The Morgan fingerprint density at radius 1 is 1.31 bits per heavy atom. The smallest absolute Gasteiger partial charge is 0.161 e. The van der Waals surface area contributed by atoms with Crippen molar-refractivity contribution in [3.8, 4) is 0 Å². The zero-order valence-electron chi connectivity index (χ0n) is 9.44. The van der Waals surface area contributed by atoms with E-state index in [0.29, 0.717) is 0 Å². The molecule has 2 rings (SSSR count). The Hall–Kier alpha value is -1.03. The molecule has 0 radical (unpaired) electrons. The molecule has 0 spiro atoms. The highest BCUT2D eigenvalue weighted by Gasteiger charge is 2.50. The summed E-state index contributed by atoms with van der Waals surface area (Å²) >= 11 is 0. The summed E-state index contributed by atoms with van der Waals surface area (Å²) in [5.74, 6) is 0.208. The third-order valence-corrected chi connectivity index (χ3v) is 6.03. The summed E-state index contributed by atoms with van der Waals surface area (Å²) in [5.41, 5.74) is 0.825. The van der Waals surface area contributed by atoms with Crippen LogP contribution in [0.25, 0.3) is 0 Å². The van der Waals surface area contributed by atoms with E-state index in [1.165, 1.54) is 0 Å². The van der Waals surface area contributed by atoms with Crippen molar-refractivity contribution >= 4 is 9.84 Å². The summed E-state index contributed by atoms with van der Waals surface area (Å²) < 4.78 is 23.7. The monoisotopic (exact) mass is 239 g/mol. The Labute approximate surface area is 96.8 Å². The number of rotatable bonds is 3. The van der Waals surface area contributed by atoms with Gasteiger partial charge in [-0.1, -0.05) is 19.1 Å². The molecule has 0 amide bonds. The standard InChI is InChI=1S/C12H17NO2S/c1-2-16(14,15)12(8-6-9-12)11-7-4-3-5-10-13-11/h3-5,7,10,13H,2,6,8-9H2,1H3. The highest BCUT2D eigenvalue weighted by molar-refractivity contribution is 7.93. The van der Waals surface area contributed by atoms with Crippen LogP contribution in [0.4, 0.5) is 0 Å². The maximum atomic E-state index is 12.2. The van der Waals surface area contributed by atoms with Crippen LogP contribution in [-0.2, 0) is 9.84 Å². The van der Waals surface area contributed by atoms with E-state index >= 15 is 0 Å². The van der Waals surface area contributed by atoms with Gasteiger partial charge in [0.05, 0.1) is 0 Å². The zero-order valence-corrected chi connectivity index (χ0v) is 10.3. The van der Waals surface area contributed by atoms with Crippen molar-refractivity contribution in [1.29, 1.82) is 0 Å². The van der Waals surface area contributed by atoms with Crippen LogP contribution in [-0.4, -0.2) is 18.9 Å². The van der Waals surface area contributed by atoms with Crippen LogP contribution in [0.5, 0.6) is 0 Å². The van der Waals surface area contributed by atoms with E-state index in [2.05, 4.69) is 5.32 Å². The third-order valence-electron chi connectivity index (χ3n) is 3.45. The molecule has 1 saturated carbocycles. The highest BCUT2D eigenvalue weighted by atomic mass is 32.2. The highest BCUT2D eigenvalue weighted by Crippen LogP contribution is 2.44. The largest absolute Gasteiger partial charge is 0.364 e. The van der Waals surface area contributed by atoms with Crippen molar-refractivity contribution < 1.29 is 8.42 Å². The summed E-state index contributed by atoms with van der Waals surface area (Å²) in [4.78, 5) is 0. The van der Waals surface area contributed by atoms with E-state index in [1.807, 2.05) is 24.3 Å². The van der Waals surface area contributed by atoms with Crippen LogP contribution < -0.4 is 5.32 Å². The number of hydrogen-bond acceptors (Lipinski definition) is 3. The third kappa shape index (κ3) is 1.61. The first kappa shape index (κ1) is 11.5. The minimum atomic E-state index is -3.04. The van der Waals surface area contributed by atoms with E-state index < -0.39 is 14.6 Å². The summed E-state index contributed by atoms with van der Waals surface area (Å²) in [6.45, 7) is 1.72. The molecule has 1 N–H and O–H groups in total. The summed E-state index contributed by atoms with van der Waals surface area (Å²) in [5, 5.41) is 3.10. The summed E-state index contributed by atoms with van der Waals surface area (Å²) in [6, 6.07) is 0. The van der Waals surface area contributed by atoms with Crippen molar-refractivity contribution in [3.63, 3.8) is 0 Å². The van der Waals surface area contributed by atoms with Crippen LogP contribution in [0.15, 0.2) is 36.2 Å². The molecular formula is C12H17NO2S. The molecule has 3 nitrogen and oxygen atoms in total. The van der Waals surface area contributed by atoms with Gasteiger partial charge in [-0.2, -0.15) is 0 Å². The molecule has 0 aromatic carbocycles. The molecule has 0 aromatic heterocycles. The number of sulfone groups is 1. The number of allylic oxidation sites excluding steroid dienone is 4. The molecular weight excluding hydrogens is 222 g/mol. The maximum absolute atomic E-state index is 12.2. The van der Waals surface area contributed by atoms with Crippen molar-refractivity contribution in [3.05, 3.63) is 36.2 Å². The fourth-order valence-corrected chi connectivity index (χ4v) is 4.19. The second kappa shape index (κ2) is 4.09. The van der Waals surface area contributed by atoms with Crippen molar-refractivity contribution in [2.45, 2.75) is 30.9 Å². The molecule has 0 aromatic rings. The molecule has 1 heterocycles. The molecule has 1 aliphatic carbocycles. The first-order valence-corrected chi connectivity index (χ1v) is 7.30. The quantitative estimate of drug-likeness (QED) is 0.818. The van der Waals surface area contributed by atoms with Gasteiger partial charge in [0.15, 0.2) is 9.84 Å². The van der Waals surface area contributed by atoms with Crippen molar-refractivity contribution in [1.82, 2.24) is 5.32 Å². The summed E-state index contributed by atoms with van der Waals surface area (Å²) in [7, 11) is -3.04. The van der Waals surface area contributed by atoms with Gasteiger partial charge in [-0.3, -0.25) is 0 Å². The minimum absolute atomic E-state index is 0.208. The lowest BCUT2D eigenvalue weighted by molar-refractivity contribution is 0.372. The van der Waals surface area contributed by atoms with E-state index in [0.717, 1.165) is 25.0 Å². The van der Waals surface area contributed by atoms with Crippen LogP contribution >= 0.6 is 0 Å². The van der Waals surface area contributed by atoms with Gasteiger partial charge in [-0.05, 0) is 31.4 Å². The van der Waals surface area contributed by atoms with Gasteiger partial charge in [0.1, 0.15) is 4.75 Å². The average molecular weight is 239 g/mol. The first-order valence-electron chi connectivity index (χ1n) is 5.65. The predicted molar refractivity (Wildman–Crippen MR) is 65.5 cm³/mol. The van der Waals surface area contributed by atoms with Crippen molar-refractivity contribution in [2.24, 2.45) is 0 Å². The maximum Gasteiger partial charge on any atom is 0.161 e. The van der Waals surface area contributed by atoms with Crippen LogP contribution in [0.2, 0.25) is 0 Å². The molecule has 0 bridgehead atoms. The van der Waals surface area contributed by atoms with Crippen LogP contribution in [0.1, 0.15) is 26.2 Å². The number of nitrogens with one attached hydrogen (secondary N) is 1. The molecule has 0 saturated heterocycles. The average Bonchev–Trinajstić information content (AvgIpc) is 2.45. The number of hydrogen-bond donors (Lipinski definition) is 1. The van der Waals surface area contributed by atoms with E-state index in [9.17, 15) is 8.42 Å². The normalized spacial score (nSPS) is 22.9. The molecule has 88 valence electrons. The van der Waals surface area contributed by atoms with E-state index in [4.69, 9.17) is 0 Å². The second-order valence-corrected chi connectivity index (χ2v) is 6.81. The van der Waals surface area contributed by atoms with Crippen molar-refractivity contribution in [2.75, 3.05) is 5.75 Å². The van der Waals surface area contributed by atoms with Crippen LogP contribution in [0, 0.1) is 0 Å². The van der Waals surface area contributed by atoms with Gasteiger partial charge in [-0.15, -0.1) is 0 Å². The Kier molecular flexibility index (Phi) is 2.93. The first-order chi connectivity index (χ1) is 7.62. The van der Waals surface area contributed by atoms with Gasteiger partial charge < -0.3 is 5.32 Å².